The maximum absolute atomic E-state index is 12.9. The fourth-order valence-corrected chi connectivity index (χ4v) is 3.90. The molecule has 1 saturated heterocycles. The van der Waals surface area contributed by atoms with Crippen LogP contribution in [0.1, 0.15) is 29.1 Å². The number of anilines is 1. The van der Waals surface area contributed by atoms with Gasteiger partial charge >= 0.3 is 0 Å². The summed E-state index contributed by atoms with van der Waals surface area (Å²) in [5.74, 6) is 0.0238. The Kier molecular flexibility index (Phi) is 3.63. The van der Waals surface area contributed by atoms with E-state index in [0.717, 1.165) is 15.6 Å². The molecule has 0 aliphatic carbocycles. The molecule has 1 amide bonds. The third kappa shape index (κ3) is 2.40. The standard InChI is InChI=1S/C16H20N2O2S/c1-9-5-4-6-12-13(17)15(21-14(9)12)16(19)18-7-11(3)20-8-10(18)2/h4-6,10-11H,7-8,17H2,1-3H3. The number of benzene rings is 1. The number of carbonyl (C=O) groups excluding carboxylic acids is 1. The fourth-order valence-electron chi connectivity index (χ4n) is 2.75. The maximum atomic E-state index is 12.9. The van der Waals surface area contributed by atoms with E-state index in [2.05, 4.69) is 0 Å². The van der Waals surface area contributed by atoms with Crippen LogP contribution in [0.2, 0.25) is 0 Å². The van der Waals surface area contributed by atoms with Crippen molar-refractivity contribution < 1.29 is 9.53 Å². The number of fused-ring (bicyclic) bond motifs is 1. The van der Waals surface area contributed by atoms with E-state index in [1.807, 2.05) is 43.9 Å². The van der Waals surface area contributed by atoms with Gasteiger partial charge in [0.15, 0.2) is 0 Å². The lowest BCUT2D eigenvalue weighted by Gasteiger charge is -2.36. The zero-order chi connectivity index (χ0) is 15.1. The van der Waals surface area contributed by atoms with E-state index in [1.165, 1.54) is 11.3 Å². The summed E-state index contributed by atoms with van der Waals surface area (Å²) in [6, 6.07) is 6.09. The molecule has 1 fully saturated rings. The highest BCUT2D eigenvalue weighted by molar-refractivity contribution is 7.21. The van der Waals surface area contributed by atoms with Crippen LogP contribution in [-0.2, 0) is 4.74 Å². The van der Waals surface area contributed by atoms with Crippen molar-refractivity contribution in [3.63, 3.8) is 0 Å². The second kappa shape index (κ2) is 5.31. The van der Waals surface area contributed by atoms with Gasteiger partial charge in [-0.25, -0.2) is 0 Å². The van der Waals surface area contributed by atoms with Gasteiger partial charge in [0.05, 0.1) is 24.4 Å². The van der Waals surface area contributed by atoms with Crippen LogP contribution in [0.3, 0.4) is 0 Å². The van der Waals surface area contributed by atoms with Crippen LogP contribution in [0.5, 0.6) is 0 Å². The average molecular weight is 304 g/mol. The van der Waals surface area contributed by atoms with Gasteiger partial charge in [-0.2, -0.15) is 0 Å². The van der Waals surface area contributed by atoms with Crippen LogP contribution in [0.15, 0.2) is 18.2 Å². The van der Waals surface area contributed by atoms with E-state index in [9.17, 15) is 4.79 Å². The lowest BCUT2D eigenvalue weighted by atomic mass is 10.1. The summed E-state index contributed by atoms with van der Waals surface area (Å²) in [7, 11) is 0. The maximum Gasteiger partial charge on any atom is 0.266 e. The molecule has 1 aromatic heterocycles. The minimum absolute atomic E-state index is 0.0238. The molecule has 1 aliphatic rings. The molecular formula is C16H20N2O2S. The smallest absolute Gasteiger partial charge is 0.266 e. The average Bonchev–Trinajstić information content (AvgIpc) is 2.80. The molecule has 1 aromatic carbocycles. The normalized spacial score (nSPS) is 22.7. The molecule has 112 valence electrons. The Morgan fingerprint density at radius 1 is 1.43 bits per heavy atom. The van der Waals surface area contributed by atoms with Gasteiger partial charge in [-0.15, -0.1) is 11.3 Å². The number of ether oxygens (including phenoxy) is 1. The largest absolute Gasteiger partial charge is 0.397 e. The zero-order valence-electron chi connectivity index (χ0n) is 12.6. The Bertz CT molecular complexity index is 695. The van der Waals surface area contributed by atoms with Gasteiger partial charge in [0.2, 0.25) is 0 Å². The molecule has 0 radical (unpaired) electrons. The summed E-state index contributed by atoms with van der Waals surface area (Å²) in [6.07, 6.45) is 0.0717. The first-order valence-corrected chi connectivity index (χ1v) is 8.01. The molecule has 2 N–H and O–H groups in total. The van der Waals surface area contributed by atoms with Crippen molar-refractivity contribution in [1.29, 1.82) is 0 Å². The van der Waals surface area contributed by atoms with E-state index in [-0.39, 0.29) is 18.1 Å². The van der Waals surface area contributed by atoms with Gasteiger partial charge in [-0.3, -0.25) is 4.79 Å². The summed E-state index contributed by atoms with van der Waals surface area (Å²) in [5.41, 5.74) is 7.99. The lowest BCUT2D eigenvalue weighted by Crippen LogP contribution is -2.50. The number of carbonyl (C=O) groups is 1. The number of amides is 1. The van der Waals surface area contributed by atoms with Crippen LogP contribution in [-0.4, -0.2) is 36.1 Å². The van der Waals surface area contributed by atoms with Crippen LogP contribution < -0.4 is 5.73 Å². The van der Waals surface area contributed by atoms with Crippen LogP contribution in [0.4, 0.5) is 5.69 Å². The second-order valence-electron chi connectivity index (χ2n) is 5.75. The molecule has 1 aliphatic heterocycles. The minimum atomic E-state index is 0.0238. The molecule has 2 unspecified atom stereocenters. The van der Waals surface area contributed by atoms with Crippen molar-refractivity contribution in [3.8, 4) is 0 Å². The van der Waals surface area contributed by atoms with E-state index < -0.39 is 0 Å². The van der Waals surface area contributed by atoms with E-state index in [1.54, 1.807) is 0 Å². The van der Waals surface area contributed by atoms with E-state index in [4.69, 9.17) is 10.5 Å². The minimum Gasteiger partial charge on any atom is -0.397 e. The lowest BCUT2D eigenvalue weighted by molar-refractivity contribution is -0.0385. The van der Waals surface area contributed by atoms with E-state index >= 15 is 0 Å². The number of rotatable bonds is 1. The Hall–Kier alpha value is -1.59. The van der Waals surface area contributed by atoms with Crippen LogP contribution in [0, 0.1) is 6.92 Å². The molecule has 5 heteroatoms. The Morgan fingerprint density at radius 2 is 2.19 bits per heavy atom. The first-order valence-electron chi connectivity index (χ1n) is 7.19. The fraction of sp³-hybridized carbons (Fsp3) is 0.438. The van der Waals surface area contributed by atoms with Gasteiger partial charge < -0.3 is 15.4 Å². The van der Waals surface area contributed by atoms with Crippen molar-refractivity contribution in [2.24, 2.45) is 0 Å². The summed E-state index contributed by atoms with van der Waals surface area (Å²) >= 11 is 1.50. The van der Waals surface area contributed by atoms with Crippen LogP contribution >= 0.6 is 11.3 Å². The molecule has 4 nitrogen and oxygen atoms in total. The number of nitrogen functional groups attached to an aromatic ring is 1. The Balaban J connectivity index is 2.01. The monoisotopic (exact) mass is 304 g/mol. The number of morpholine rings is 1. The van der Waals surface area contributed by atoms with Gasteiger partial charge in [0, 0.05) is 16.6 Å². The van der Waals surface area contributed by atoms with Gasteiger partial charge in [-0.05, 0) is 26.3 Å². The van der Waals surface area contributed by atoms with E-state index in [0.29, 0.717) is 23.7 Å². The highest BCUT2D eigenvalue weighted by atomic mass is 32.1. The summed E-state index contributed by atoms with van der Waals surface area (Å²) in [4.78, 5) is 15.4. The highest BCUT2D eigenvalue weighted by Gasteiger charge is 2.30. The SMILES string of the molecule is Cc1cccc2c(N)c(C(=O)N3CC(C)OCC3C)sc12. The number of hydrogen-bond acceptors (Lipinski definition) is 4. The topological polar surface area (TPSA) is 55.6 Å². The first kappa shape index (κ1) is 14.4. The van der Waals surface area contributed by atoms with Crippen molar-refractivity contribution >= 4 is 33.0 Å². The van der Waals surface area contributed by atoms with Crippen molar-refractivity contribution in [3.05, 3.63) is 28.6 Å². The summed E-state index contributed by atoms with van der Waals surface area (Å²) < 4.78 is 6.70. The third-order valence-electron chi connectivity index (χ3n) is 4.01. The number of hydrogen-bond donors (Lipinski definition) is 1. The molecule has 2 heterocycles. The van der Waals surface area contributed by atoms with Crippen molar-refractivity contribution in [2.75, 3.05) is 18.9 Å². The van der Waals surface area contributed by atoms with Crippen LogP contribution in [0.25, 0.3) is 10.1 Å². The predicted molar refractivity (Wildman–Crippen MR) is 86.9 cm³/mol. The van der Waals surface area contributed by atoms with Gasteiger partial charge in [-0.1, -0.05) is 18.2 Å². The number of nitrogens with two attached hydrogens (primary N) is 1. The highest BCUT2D eigenvalue weighted by Crippen LogP contribution is 2.36. The van der Waals surface area contributed by atoms with Gasteiger partial charge in [0.1, 0.15) is 4.88 Å². The Morgan fingerprint density at radius 3 is 2.90 bits per heavy atom. The molecule has 0 saturated carbocycles. The molecule has 0 spiro atoms. The number of nitrogens with zero attached hydrogens (tertiary/aromatic N) is 1. The summed E-state index contributed by atoms with van der Waals surface area (Å²) in [5, 5.41) is 0.984. The molecule has 3 rings (SSSR count). The van der Waals surface area contributed by atoms with Gasteiger partial charge in [0.25, 0.3) is 5.91 Å². The quantitative estimate of drug-likeness (QED) is 0.881. The molecule has 2 aromatic rings. The predicted octanol–water partition coefficient (Wildman–Crippen LogP) is 3.04. The second-order valence-corrected chi connectivity index (χ2v) is 6.77. The third-order valence-corrected chi connectivity index (χ3v) is 5.36. The molecule has 21 heavy (non-hydrogen) atoms. The first-order chi connectivity index (χ1) is 9.99. The van der Waals surface area contributed by atoms with Crippen molar-refractivity contribution in [2.45, 2.75) is 32.9 Å². The summed E-state index contributed by atoms with van der Waals surface area (Å²) in [6.45, 7) is 7.25. The van der Waals surface area contributed by atoms with Crippen molar-refractivity contribution in [1.82, 2.24) is 4.90 Å². The zero-order valence-corrected chi connectivity index (χ0v) is 13.4. The molecular weight excluding hydrogens is 284 g/mol. The number of thiophene rings is 1. The molecule has 0 bridgehead atoms. The molecule has 2 atom stereocenters. The Labute approximate surface area is 128 Å². The number of aryl methyl sites for hydroxylation is 1.